The van der Waals surface area contributed by atoms with E-state index < -0.39 is 18.5 Å². The lowest BCUT2D eigenvalue weighted by atomic mass is 9.70. The number of alkyl halides is 4. The van der Waals surface area contributed by atoms with Crippen molar-refractivity contribution >= 4 is 11.4 Å². The van der Waals surface area contributed by atoms with Crippen molar-refractivity contribution in [3.8, 4) is 0 Å². The van der Waals surface area contributed by atoms with Crippen molar-refractivity contribution in [2.75, 3.05) is 19.6 Å². The van der Waals surface area contributed by atoms with Gasteiger partial charge in [-0.15, -0.1) is 0 Å². The zero-order chi connectivity index (χ0) is 18.9. The van der Waals surface area contributed by atoms with E-state index in [0.717, 1.165) is 0 Å². The van der Waals surface area contributed by atoms with Gasteiger partial charge < -0.3 is 11.5 Å². The Bertz CT molecular complexity index is 693. The van der Waals surface area contributed by atoms with Crippen LogP contribution in [0.3, 0.4) is 0 Å². The molecule has 0 aliphatic carbocycles. The number of hydrogen-bond donors (Lipinski definition) is 2. The van der Waals surface area contributed by atoms with E-state index in [1.54, 1.807) is 4.90 Å². The zero-order valence-corrected chi connectivity index (χ0v) is 14.2. The van der Waals surface area contributed by atoms with Crippen LogP contribution in [0.1, 0.15) is 31.5 Å². The van der Waals surface area contributed by atoms with Gasteiger partial charge in [-0.05, 0) is 37.9 Å². The van der Waals surface area contributed by atoms with Crippen molar-refractivity contribution in [3.63, 3.8) is 0 Å². The lowest BCUT2D eigenvalue weighted by Crippen LogP contribution is -2.55. The minimum Gasteiger partial charge on any atom is -0.387 e. The van der Waals surface area contributed by atoms with Crippen molar-refractivity contribution in [3.05, 3.63) is 24.2 Å². The molecular formula is C16H22F4N6. The van der Waals surface area contributed by atoms with Gasteiger partial charge in [0.15, 0.2) is 0 Å². The van der Waals surface area contributed by atoms with Crippen LogP contribution in [0.25, 0.3) is 5.57 Å². The molecule has 0 saturated carbocycles. The van der Waals surface area contributed by atoms with Gasteiger partial charge in [0.2, 0.25) is 0 Å². The van der Waals surface area contributed by atoms with Crippen LogP contribution in [-0.2, 0) is 0 Å². The summed E-state index contributed by atoms with van der Waals surface area (Å²) in [4.78, 5) is 5.80. The van der Waals surface area contributed by atoms with Crippen LogP contribution in [0.5, 0.6) is 0 Å². The van der Waals surface area contributed by atoms with E-state index in [-0.39, 0.29) is 18.9 Å². The van der Waals surface area contributed by atoms with Gasteiger partial charge in [0.05, 0.1) is 17.8 Å². The molecule has 1 fully saturated rings. The molecule has 1 unspecified atom stereocenters. The number of likely N-dealkylation sites (tertiary alicyclic amines) is 1. The van der Waals surface area contributed by atoms with Crippen molar-refractivity contribution in [2.24, 2.45) is 22.4 Å². The number of rotatable bonds is 5. The Morgan fingerprint density at radius 3 is 2.50 bits per heavy atom. The largest absolute Gasteiger partial charge is 0.387 e. The lowest BCUT2D eigenvalue weighted by molar-refractivity contribution is 0.0560. The molecule has 1 aromatic rings. The molecule has 0 aromatic carbocycles. The van der Waals surface area contributed by atoms with E-state index in [1.165, 1.54) is 18.5 Å². The third kappa shape index (κ3) is 3.75. The highest BCUT2D eigenvalue weighted by Crippen LogP contribution is 2.40. The third-order valence-electron chi connectivity index (χ3n) is 5.13. The number of nitrogens with two attached hydrogens (primary N) is 2. The normalized spacial score (nSPS) is 25.7. The first-order valence-corrected chi connectivity index (χ1v) is 8.45. The maximum Gasteiger partial charge on any atom is 0.333 e. The smallest absolute Gasteiger partial charge is 0.333 e. The average Bonchev–Trinajstić information content (AvgIpc) is 3.04. The Morgan fingerprint density at radius 2 is 1.92 bits per heavy atom. The predicted molar refractivity (Wildman–Crippen MR) is 89.8 cm³/mol. The molecule has 26 heavy (non-hydrogen) atoms. The molecule has 6 nitrogen and oxygen atoms in total. The van der Waals surface area contributed by atoms with Gasteiger partial charge in [-0.2, -0.15) is 13.9 Å². The third-order valence-corrected chi connectivity index (χ3v) is 5.13. The second-order valence-electron chi connectivity index (χ2n) is 6.80. The van der Waals surface area contributed by atoms with E-state index in [2.05, 4.69) is 10.1 Å². The van der Waals surface area contributed by atoms with Crippen molar-refractivity contribution < 1.29 is 17.6 Å². The van der Waals surface area contributed by atoms with Crippen molar-refractivity contribution in [1.82, 2.24) is 14.7 Å². The van der Waals surface area contributed by atoms with Gasteiger partial charge >= 0.3 is 6.55 Å². The van der Waals surface area contributed by atoms with E-state index in [1.807, 2.05) is 0 Å². The number of piperidine rings is 1. The summed E-state index contributed by atoms with van der Waals surface area (Å²) in [6.07, 6.45) is 1.81. The fraction of sp³-hybridized carbons (Fsp3) is 0.625. The van der Waals surface area contributed by atoms with E-state index in [9.17, 15) is 17.6 Å². The highest BCUT2D eigenvalue weighted by molar-refractivity contribution is 5.90. The number of nitrogens with zero attached hydrogens (tertiary/aromatic N) is 4. The standard InChI is InChI=1S/C16H22F4N6/c17-13(18)9-25-4-1-10(2-5-25)16(22)7-14(21)23-8-11(16)12-3-6-26(24-12)15(19)20/h3,6,8,10,13,15H,1-2,4-5,7,9,22H2,(H2,21,23). The van der Waals surface area contributed by atoms with Crippen LogP contribution in [0, 0.1) is 5.92 Å². The first kappa shape index (κ1) is 18.8. The lowest BCUT2D eigenvalue weighted by Gasteiger charge is -2.44. The molecule has 1 saturated heterocycles. The maximum atomic E-state index is 12.8. The fourth-order valence-electron chi connectivity index (χ4n) is 3.79. The number of aliphatic imine (C=N–C) groups is 1. The molecule has 0 spiro atoms. The molecule has 1 aromatic heterocycles. The summed E-state index contributed by atoms with van der Waals surface area (Å²) in [7, 11) is 0. The molecule has 10 heteroatoms. The molecule has 1 atom stereocenters. The van der Waals surface area contributed by atoms with Gasteiger partial charge in [-0.3, -0.25) is 4.90 Å². The second-order valence-corrected chi connectivity index (χ2v) is 6.80. The summed E-state index contributed by atoms with van der Waals surface area (Å²) < 4.78 is 51.4. The van der Waals surface area contributed by atoms with Crippen LogP contribution in [0.4, 0.5) is 17.6 Å². The Balaban J connectivity index is 1.81. The molecule has 144 valence electrons. The van der Waals surface area contributed by atoms with Crippen LogP contribution in [0.15, 0.2) is 23.5 Å². The van der Waals surface area contributed by atoms with Crippen LogP contribution < -0.4 is 11.5 Å². The molecule has 0 amide bonds. The first-order valence-electron chi connectivity index (χ1n) is 8.45. The molecule has 2 aliphatic rings. The highest BCUT2D eigenvalue weighted by Gasteiger charge is 2.43. The van der Waals surface area contributed by atoms with Crippen LogP contribution >= 0.6 is 0 Å². The summed E-state index contributed by atoms with van der Waals surface area (Å²) in [5.74, 6) is 0.327. The minimum atomic E-state index is -2.74. The topological polar surface area (TPSA) is 85.5 Å². The monoisotopic (exact) mass is 374 g/mol. The Hall–Kier alpha value is -1.94. The van der Waals surface area contributed by atoms with Gasteiger partial charge in [-0.1, -0.05) is 0 Å². The quantitative estimate of drug-likeness (QED) is 0.773. The number of hydrogen-bond acceptors (Lipinski definition) is 5. The maximum absolute atomic E-state index is 12.8. The second kappa shape index (κ2) is 7.36. The van der Waals surface area contributed by atoms with E-state index in [4.69, 9.17) is 11.5 Å². The Labute approximate surface area is 148 Å². The molecule has 3 heterocycles. The van der Waals surface area contributed by atoms with Gasteiger partial charge in [0, 0.05) is 24.4 Å². The molecule has 4 N–H and O–H groups in total. The molecule has 3 rings (SSSR count). The fourth-order valence-corrected chi connectivity index (χ4v) is 3.79. The number of aromatic nitrogens is 2. The summed E-state index contributed by atoms with van der Waals surface area (Å²) >= 11 is 0. The highest BCUT2D eigenvalue weighted by atomic mass is 19.3. The van der Waals surface area contributed by atoms with Gasteiger partial charge in [0.1, 0.15) is 5.84 Å². The molecule has 2 aliphatic heterocycles. The Morgan fingerprint density at radius 1 is 1.23 bits per heavy atom. The summed E-state index contributed by atoms with van der Waals surface area (Å²) in [6.45, 7) is -1.99. The van der Waals surface area contributed by atoms with E-state index >= 15 is 0 Å². The SMILES string of the molecule is NC1=NC=C(c2ccn(C(F)F)n2)C(N)(C2CCN(CC(F)F)CC2)C1. The predicted octanol–water partition coefficient (Wildman–Crippen LogP) is 2.05. The number of halogens is 4. The molecule has 0 radical (unpaired) electrons. The van der Waals surface area contributed by atoms with E-state index in [0.29, 0.717) is 47.7 Å². The minimum absolute atomic E-state index is 0.0339. The number of amidine groups is 1. The summed E-state index contributed by atoms with van der Waals surface area (Å²) in [5, 5.41) is 3.90. The van der Waals surface area contributed by atoms with Gasteiger partial charge in [0.25, 0.3) is 6.43 Å². The first-order chi connectivity index (χ1) is 12.3. The van der Waals surface area contributed by atoms with Crippen molar-refractivity contribution in [2.45, 2.75) is 37.8 Å². The average molecular weight is 374 g/mol. The van der Waals surface area contributed by atoms with Gasteiger partial charge in [-0.25, -0.2) is 18.5 Å². The van der Waals surface area contributed by atoms with Crippen molar-refractivity contribution in [1.29, 1.82) is 0 Å². The Kier molecular flexibility index (Phi) is 5.33. The summed E-state index contributed by atoms with van der Waals surface area (Å²) in [5.41, 5.74) is 12.5. The molecule has 0 bridgehead atoms. The molecular weight excluding hydrogens is 352 g/mol. The van der Waals surface area contributed by atoms with Crippen LogP contribution in [0.2, 0.25) is 0 Å². The zero-order valence-electron chi connectivity index (χ0n) is 14.2. The van der Waals surface area contributed by atoms with Crippen LogP contribution in [-0.4, -0.2) is 52.1 Å². The summed E-state index contributed by atoms with van der Waals surface area (Å²) in [6, 6.07) is 1.47.